The summed E-state index contributed by atoms with van der Waals surface area (Å²) in [4.78, 5) is 0. The Bertz CT molecular complexity index is 1170. The molecule has 136 valence electrons. The first-order chi connectivity index (χ1) is 13.7. The second-order valence-electron chi connectivity index (χ2n) is 6.81. The minimum Gasteiger partial charge on any atom is -0.508 e. The highest BCUT2D eigenvalue weighted by Gasteiger charge is 2.06. The molecule has 0 amide bonds. The number of hydrogen-bond donors (Lipinski definition) is 1. The van der Waals surface area contributed by atoms with E-state index >= 15 is 0 Å². The van der Waals surface area contributed by atoms with Gasteiger partial charge in [-0.15, -0.1) is 0 Å². The Labute approximate surface area is 170 Å². The zero-order valence-corrected chi connectivity index (χ0v) is 16.1. The molecule has 4 aromatic rings. The van der Waals surface area contributed by atoms with E-state index in [4.69, 9.17) is 11.6 Å². The van der Waals surface area contributed by atoms with Gasteiger partial charge in [-0.05, 0) is 63.9 Å². The van der Waals surface area contributed by atoms with Gasteiger partial charge in [-0.25, -0.2) is 0 Å². The normalized spacial score (nSPS) is 10.5. The molecule has 0 heterocycles. The molecule has 2 heteroatoms. The van der Waals surface area contributed by atoms with Crippen LogP contribution in [0, 0.1) is 11.8 Å². The Morgan fingerprint density at radius 1 is 0.750 bits per heavy atom. The van der Waals surface area contributed by atoms with Gasteiger partial charge in [0.05, 0.1) is 0 Å². The van der Waals surface area contributed by atoms with Crippen molar-refractivity contribution in [2.45, 2.75) is 12.8 Å². The highest BCUT2D eigenvalue weighted by atomic mass is 35.5. The number of aromatic hydroxyl groups is 1. The van der Waals surface area contributed by atoms with Crippen molar-refractivity contribution in [3.63, 3.8) is 0 Å². The SMILES string of the molecule is Oc1cc2ccc(C#CCc3ccc(Cl)cc3)cc2cc1Cc1ccccc1. The minimum absolute atomic E-state index is 0.331. The molecule has 1 nitrogen and oxygen atoms in total. The third-order valence-electron chi connectivity index (χ3n) is 4.71. The van der Waals surface area contributed by atoms with Gasteiger partial charge in [0, 0.05) is 23.4 Å². The van der Waals surface area contributed by atoms with E-state index in [1.807, 2.05) is 60.7 Å². The van der Waals surface area contributed by atoms with Crippen LogP contribution in [0.25, 0.3) is 10.8 Å². The van der Waals surface area contributed by atoms with Crippen molar-refractivity contribution in [2.24, 2.45) is 0 Å². The number of hydrogen-bond acceptors (Lipinski definition) is 1. The van der Waals surface area contributed by atoms with Crippen molar-refractivity contribution in [2.75, 3.05) is 0 Å². The van der Waals surface area contributed by atoms with E-state index in [9.17, 15) is 5.11 Å². The Kier molecular flexibility index (Phi) is 5.33. The molecule has 4 aromatic carbocycles. The van der Waals surface area contributed by atoms with Crippen LogP contribution in [0.2, 0.25) is 5.02 Å². The fourth-order valence-electron chi connectivity index (χ4n) is 3.22. The van der Waals surface area contributed by atoms with Crippen LogP contribution in [0.4, 0.5) is 0 Å². The fraction of sp³-hybridized carbons (Fsp3) is 0.0769. The molecule has 4 rings (SSSR count). The summed E-state index contributed by atoms with van der Waals surface area (Å²) in [7, 11) is 0. The number of benzene rings is 4. The van der Waals surface area contributed by atoms with Crippen LogP contribution < -0.4 is 0 Å². The quantitative estimate of drug-likeness (QED) is 0.407. The number of phenolic OH excluding ortho intramolecular Hbond substituents is 1. The third kappa shape index (κ3) is 4.36. The molecule has 0 fully saturated rings. The number of rotatable bonds is 3. The average molecular weight is 383 g/mol. The summed E-state index contributed by atoms with van der Waals surface area (Å²) < 4.78 is 0. The van der Waals surface area contributed by atoms with Gasteiger partial charge in [0.2, 0.25) is 0 Å². The maximum absolute atomic E-state index is 10.4. The summed E-state index contributed by atoms with van der Waals surface area (Å²) in [6.45, 7) is 0. The molecule has 28 heavy (non-hydrogen) atoms. The predicted octanol–water partition coefficient (Wildman–Crippen LogP) is 6.38. The Morgan fingerprint density at radius 2 is 1.54 bits per heavy atom. The zero-order chi connectivity index (χ0) is 19.3. The molecule has 0 unspecified atom stereocenters. The molecule has 0 aliphatic rings. The molecule has 0 radical (unpaired) electrons. The topological polar surface area (TPSA) is 20.2 Å². The van der Waals surface area contributed by atoms with Gasteiger partial charge in [0.25, 0.3) is 0 Å². The molecule has 0 aliphatic heterocycles. The molecule has 1 N–H and O–H groups in total. The second kappa shape index (κ2) is 8.21. The van der Waals surface area contributed by atoms with Gasteiger partial charge in [-0.3, -0.25) is 0 Å². The van der Waals surface area contributed by atoms with E-state index < -0.39 is 0 Å². The van der Waals surface area contributed by atoms with Crippen LogP contribution in [0.3, 0.4) is 0 Å². The molecular weight excluding hydrogens is 364 g/mol. The lowest BCUT2D eigenvalue weighted by molar-refractivity contribution is 0.470. The Hall–Kier alpha value is -3.21. The van der Waals surface area contributed by atoms with Crippen molar-refractivity contribution >= 4 is 22.4 Å². The van der Waals surface area contributed by atoms with Crippen LogP contribution in [-0.4, -0.2) is 5.11 Å². The van der Waals surface area contributed by atoms with Crippen molar-refractivity contribution in [1.82, 2.24) is 0 Å². The van der Waals surface area contributed by atoms with E-state index in [1.54, 1.807) is 0 Å². The lowest BCUT2D eigenvalue weighted by Gasteiger charge is -2.08. The summed E-state index contributed by atoms with van der Waals surface area (Å²) >= 11 is 5.92. The maximum atomic E-state index is 10.4. The third-order valence-corrected chi connectivity index (χ3v) is 4.97. The number of fused-ring (bicyclic) bond motifs is 1. The lowest BCUT2D eigenvalue weighted by atomic mass is 9.99. The van der Waals surface area contributed by atoms with Gasteiger partial charge in [-0.1, -0.05) is 72.0 Å². The molecular formula is C26H19ClO. The smallest absolute Gasteiger partial charge is 0.119 e. The van der Waals surface area contributed by atoms with Crippen LogP contribution in [-0.2, 0) is 12.8 Å². The Balaban J connectivity index is 1.58. The average Bonchev–Trinajstić information content (AvgIpc) is 2.71. The van der Waals surface area contributed by atoms with Gasteiger partial charge in [0.1, 0.15) is 5.75 Å². The summed E-state index contributed by atoms with van der Waals surface area (Å²) in [6, 6.07) is 27.9. The van der Waals surface area contributed by atoms with Gasteiger partial charge < -0.3 is 5.11 Å². The van der Waals surface area contributed by atoms with Crippen LogP contribution in [0.5, 0.6) is 5.75 Å². The molecule has 0 spiro atoms. The molecule has 0 saturated heterocycles. The zero-order valence-electron chi connectivity index (χ0n) is 15.3. The molecule has 0 saturated carbocycles. The van der Waals surface area contributed by atoms with Gasteiger partial charge in [0.15, 0.2) is 0 Å². The summed E-state index contributed by atoms with van der Waals surface area (Å²) in [5, 5.41) is 13.2. The molecule has 0 aliphatic carbocycles. The van der Waals surface area contributed by atoms with Crippen molar-refractivity contribution < 1.29 is 5.11 Å². The number of halogens is 1. The minimum atomic E-state index is 0.331. The number of phenols is 1. The van der Waals surface area contributed by atoms with E-state index in [-0.39, 0.29) is 0 Å². The van der Waals surface area contributed by atoms with E-state index in [0.717, 1.165) is 32.5 Å². The van der Waals surface area contributed by atoms with Crippen LogP contribution in [0.15, 0.2) is 84.9 Å². The second-order valence-corrected chi connectivity index (χ2v) is 7.25. The molecule has 0 bridgehead atoms. The van der Waals surface area contributed by atoms with Crippen LogP contribution >= 0.6 is 11.6 Å². The molecule has 0 atom stereocenters. The van der Waals surface area contributed by atoms with Gasteiger partial charge >= 0.3 is 0 Å². The van der Waals surface area contributed by atoms with E-state index in [0.29, 0.717) is 18.6 Å². The first kappa shape index (κ1) is 18.2. The van der Waals surface area contributed by atoms with Gasteiger partial charge in [-0.2, -0.15) is 0 Å². The van der Waals surface area contributed by atoms with Crippen LogP contribution in [0.1, 0.15) is 22.3 Å². The summed E-state index contributed by atoms with van der Waals surface area (Å²) in [6.07, 6.45) is 1.39. The first-order valence-corrected chi connectivity index (χ1v) is 9.58. The highest BCUT2D eigenvalue weighted by Crippen LogP contribution is 2.27. The standard InChI is InChI=1S/C26H19ClO/c27-25-13-10-19(11-14-25)7-4-8-21-9-12-22-18-26(28)24(17-23(22)15-21)16-20-5-2-1-3-6-20/h1-3,5-6,9-15,17-18,28H,7,16H2. The molecule has 0 aromatic heterocycles. The summed E-state index contributed by atoms with van der Waals surface area (Å²) in [5.41, 5.74) is 4.21. The van der Waals surface area contributed by atoms with Crippen molar-refractivity contribution in [3.05, 3.63) is 112 Å². The first-order valence-electron chi connectivity index (χ1n) is 9.20. The monoisotopic (exact) mass is 382 g/mol. The van der Waals surface area contributed by atoms with Crippen molar-refractivity contribution in [1.29, 1.82) is 0 Å². The largest absolute Gasteiger partial charge is 0.508 e. The van der Waals surface area contributed by atoms with E-state index in [1.165, 1.54) is 5.56 Å². The lowest BCUT2D eigenvalue weighted by Crippen LogP contribution is -1.89. The van der Waals surface area contributed by atoms with Crippen molar-refractivity contribution in [3.8, 4) is 17.6 Å². The Morgan fingerprint density at radius 3 is 2.32 bits per heavy atom. The van der Waals surface area contributed by atoms with E-state index in [2.05, 4.69) is 36.1 Å². The highest BCUT2D eigenvalue weighted by molar-refractivity contribution is 6.30. The predicted molar refractivity (Wildman–Crippen MR) is 117 cm³/mol. The summed E-state index contributed by atoms with van der Waals surface area (Å²) in [5.74, 6) is 6.80. The maximum Gasteiger partial charge on any atom is 0.119 e. The fourth-order valence-corrected chi connectivity index (χ4v) is 3.34.